The maximum atomic E-state index is 12.6. The van der Waals surface area contributed by atoms with Crippen molar-refractivity contribution in [1.82, 2.24) is 0 Å². The number of nitro groups is 1. The van der Waals surface area contributed by atoms with Crippen LogP contribution in [-0.4, -0.2) is 21.9 Å². The number of hydrogen-bond donors (Lipinski definition) is 1. The van der Waals surface area contributed by atoms with E-state index in [4.69, 9.17) is 13.9 Å². The van der Waals surface area contributed by atoms with E-state index in [2.05, 4.69) is 0 Å². The van der Waals surface area contributed by atoms with Crippen molar-refractivity contribution in [2.75, 3.05) is 0 Å². The van der Waals surface area contributed by atoms with Gasteiger partial charge in [-0.1, -0.05) is 0 Å². The van der Waals surface area contributed by atoms with Crippen LogP contribution in [0.25, 0.3) is 17.0 Å². The van der Waals surface area contributed by atoms with Gasteiger partial charge in [0.25, 0.3) is 0 Å². The number of rotatable bonds is 1. The average molecular weight is 385 g/mol. The number of nitrogens with zero attached hydrogens (tertiary/aromatic N) is 1. The van der Waals surface area contributed by atoms with E-state index < -0.39 is 28.5 Å². The first-order valence-electron chi connectivity index (χ1n) is 9.33. The van der Waals surface area contributed by atoms with E-state index in [1.54, 1.807) is 6.08 Å². The first kappa shape index (κ1) is 17.2. The van der Waals surface area contributed by atoms with Crippen molar-refractivity contribution in [1.29, 1.82) is 0 Å². The lowest BCUT2D eigenvalue weighted by Gasteiger charge is -2.30. The number of ether oxygens (including phenoxy) is 2. The molecule has 8 heteroatoms. The average Bonchev–Trinajstić information content (AvgIpc) is 2.99. The van der Waals surface area contributed by atoms with Gasteiger partial charge in [-0.3, -0.25) is 10.1 Å². The van der Waals surface area contributed by atoms with Crippen LogP contribution in [0.5, 0.6) is 11.5 Å². The largest absolute Gasteiger partial charge is 0.482 e. The molecule has 1 aromatic carbocycles. The van der Waals surface area contributed by atoms with Crippen LogP contribution in [0.3, 0.4) is 0 Å². The minimum absolute atomic E-state index is 0.127. The fraction of sp³-hybridized carbons (Fsp3) is 0.450. The third-order valence-corrected chi connectivity index (χ3v) is 5.67. The predicted molar refractivity (Wildman–Crippen MR) is 99.2 cm³/mol. The van der Waals surface area contributed by atoms with Gasteiger partial charge in [0.1, 0.15) is 17.1 Å². The summed E-state index contributed by atoms with van der Waals surface area (Å²) >= 11 is 0. The van der Waals surface area contributed by atoms with Crippen molar-refractivity contribution in [3.8, 4) is 11.5 Å². The minimum atomic E-state index is -1.66. The van der Waals surface area contributed by atoms with Crippen LogP contribution in [0.2, 0.25) is 0 Å². The summed E-state index contributed by atoms with van der Waals surface area (Å²) in [6.07, 6.45) is 3.57. The standard InChI is InChI=1S/C20H19NO7/c1-20(2)8-7-11-15-13(14(22)18(26-15)21(24)25)17-12(16(11)28-20)9-5-3-4-6-10(9)19(23)27-17/h7-8,14,18,22H,3-6H2,1-2H3/t14-,18-/m0/s1. The zero-order chi connectivity index (χ0) is 19.8. The smallest absolute Gasteiger partial charge is 0.384 e. The molecule has 0 saturated carbocycles. The Hall–Kier alpha value is -2.87. The van der Waals surface area contributed by atoms with E-state index in [9.17, 15) is 20.0 Å². The zero-order valence-electron chi connectivity index (χ0n) is 15.5. The molecule has 0 spiro atoms. The number of aryl methyl sites for hydroxylation is 1. The second-order valence-electron chi connectivity index (χ2n) is 8.02. The van der Waals surface area contributed by atoms with E-state index in [-0.39, 0.29) is 16.9 Å². The van der Waals surface area contributed by atoms with Gasteiger partial charge in [-0.05, 0) is 57.2 Å². The van der Waals surface area contributed by atoms with Crippen LogP contribution in [0.15, 0.2) is 15.3 Å². The van der Waals surface area contributed by atoms with Crippen LogP contribution in [0, 0.1) is 10.1 Å². The topological polar surface area (TPSA) is 112 Å². The molecule has 1 N–H and O–H groups in total. The highest BCUT2D eigenvalue weighted by molar-refractivity contribution is 5.98. The molecule has 0 saturated heterocycles. The zero-order valence-corrected chi connectivity index (χ0v) is 15.5. The van der Waals surface area contributed by atoms with E-state index in [1.807, 2.05) is 19.9 Å². The molecule has 1 aliphatic carbocycles. The lowest BCUT2D eigenvalue weighted by atomic mass is 9.87. The van der Waals surface area contributed by atoms with Gasteiger partial charge in [0.05, 0.1) is 21.4 Å². The van der Waals surface area contributed by atoms with Gasteiger partial charge in [0.2, 0.25) is 0 Å². The summed E-state index contributed by atoms with van der Waals surface area (Å²) in [6.45, 7) is 3.79. The first-order valence-corrected chi connectivity index (χ1v) is 9.33. The Morgan fingerprint density at radius 2 is 1.93 bits per heavy atom. The van der Waals surface area contributed by atoms with Crippen molar-refractivity contribution in [2.24, 2.45) is 0 Å². The molecule has 146 valence electrons. The fourth-order valence-electron chi connectivity index (χ4n) is 4.38. The van der Waals surface area contributed by atoms with Crippen molar-refractivity contribution in [2.45, 2.75) is 57.5 Å². The summed E-state index contributed by atoms with van der Waals surface area (Å²) < 4.78 is 17.3. The highest BCUT2D eigenvalue weighted by Crippen LogP contribution is 2.52. The number of aliphatic hydroxyl groups excluding tert-OH is 1. The van der Waals surface area contributed by atoms with E-state index in [1.165, 1.54) is 0 Å². The normalized spacial score (nSPS) is 24.1. The second-order valence-corrected chi connectivity index (χ2v) is 8.02. The van der Waals surface area contributed by atoms with E-state index >= 15 is 0 Å². The molecule has 28 heavy (non-hydrogen) atoms. The third kappa shape index (κ3) is 2.24. The van der Waals surface area contributed by atoms with Gasteiger partial charge in [0, 0.05) is 5.56 Å². The molecule has 2 aliphatic heterocycles. The summed E-state index contributed by atoms with van der Waals surface area (Å²) in [4.78, 5) is 23.3. The number of benzene rings is 1. The molecule has 0 fully saturated rings. The van der Waals surface area contributed by atoms with Crippen molar-refractivity contribution in [3.63, 3.8) is 0 Å². The second kappa shape index (κ2) is 5.57. The lowest BCUT2D eigenvalue weighted by molar-refractivity contribution is -0.572. The van der Waals surface area contributed by atoms with Gasteiger partial charge in [0.15, 0.2) is 11.7 Å². The van der Waals surface area contributed by atoms with Crippen molar-refractivity contribution in [3.05, 3.63) is 48.9 Å². The molecule has 5 rings (SSSR count). The molecular weight excluding hydrogens is 366 g/mol. The molecule has 2 atom stereocenters. The van der Waals surface area contributed by atoms with Crippen molar-refractivity contribution >= 4 is 17.0 Å². The molecule has 0 amide bonds. The Bertz CT molecular complexity index is 1130. The number of aliphatic hydroxyl groups is 1. The lowest BCUT2D eigenvalue weighted by Crippen LogP contribution is -2.28. The Morgan fingerprint density at radius 1 is 1.21 bits per heavy atom. The monoisotopic (exact) mass is 385 g/mol. The van der Waals surface area contributed by atoms with E-state index in [0.717, 1.165) is 18.4 Å². The summed E-state index contributed by atoms with van der Waals surface area (Å²) in [5.41, 5.74) is 1.20. The van der Waals surface area contributed by atoms with Gasteiger partial charge in [-0.15, -0.1) is 0 Å². The maximum Gasteiger partial charge on any atom is 0.384 e. The number of hydrogen-bond acceptors (Lipinski definition) is 7. The molecule has 0 bridgehead atoms. The first-order chi connectivity index (χ1) is 13.3. The van der Waals surface area contributed by atoms with Crippen LogP contribution in [-0.2, 0) is 12.8 Å². The van der Waals surface area contributed by atoms with Crippen molar-refractivity contribution < 1.29 is 23.9 Å². The quantitative estimate of drug-likeness (QED) is 0.456. The molecule has 3 aliphatic rings. The predicted octanol–water partition coefficient (Wildman–Crippen LogP) is 2.88. The molecule has 3 heterocycles. The number of fused-ring (bicyclic) bond motifs is 8. The molecule has 0 radical (unpaired) electrons. The van der Waals surface area contributed by atoms with Crippen LogP contribution < -0.4 is 15.1 Å². The summed E-state index contributed by atoms with van der Waals surface area (Å²) in [5.74, 6) is 0.627. The molecule has 1 aromatic heterocycles. The Morgan fingerprint density at radius 3 is 2.64 bits per heavy atom. The highest BCUT2D eigenvalue weighted by atomic mass is 16.7. The van der Waals surface area contributed by atoms with Crippen LogP contribution >= 0.6 is 0 Å². The van der Waals surface area contributed by atoms with Gasteiger partial charge >= 0.3 is 11.9 Å². The van der Waals surface area contributed by atoms with Gasteiger partial charge in [-0.2, -0.15) is 0 Å². The molecule has 8 nitrogen and oxygen atoms in total. The molecular formula is C20H19NO7. The Labute approximate surface area is 159 Å². The fourth-order valence-corrected chi connectivity index (χ4v) is 4.38. The Balaban J connectivity index is 1.93. The van der Waals surface area contributed by atoms with E-state index in [0.29, 0.717) is 35.1 Å². The summed E-state index contributed by atoms with van der Waals surface area (Å²) in [6, 6.07) is 0. The molecule has 2 aromatic rings. The van der Waals surface area contributed by atoms with Gasteiger partial charge in [-0.25, -0.2) is 4.79 Å². The molecule has 0 unspecified atom stereocenters. The highest BCUT2D eigenvalue weighted by Gasteiger charge is 2.47. The third-order valence-electron chi connectivity index (χ3n) is 5.67. The van der Waals surface area contributed by atoms with Crippen LogP contribution in [0.4, 0.5) is 0 Å². The van der Waals surface area contributed by atoms with Crippen LogP contribution in [0.1, 0.15) is 55.0 Å². The minimum Gasteiger partial charge on any atom is -0.482 e. The Kier molecular flexibility index (Phi) is 3.43. The SMILES string of the molecule is CC1(C)C=Cc2c3c(c4oc(=O)c5c(c4c2O1)CCCC5)[C@H](O)[C@@H]([N+](=O)[O-])O3. The maximum absolute atomic E-state index is 12.6. The van der Waals surface area contributed by atoms with Gasteiger partial charge < -0.3 is 19.0 Å². The summed E-state index contributed by atoms with van der Waals surface area (Å²) in [5, 5.41) is 22.6. The summed E-state index contributed by atoms with van der Waals surface area (Å²) in [7, 11) is 0.